The summed E-state index contributed by atoms with van der Waals surface area (Å²) in [5.74, 6) is 0.664. The van der Waals surface area contributed by atoms with Crippen molar-refractivity contribution >= 4 is 5.91 Å². The van der Waals surface area contributed by atoms with Crippen LogP contribution in [0.1, 0.15) is 53.7 Å². The molecule has 1 aromatic carbocycles. The van der Waals surface area contributed by atoms with Crippen LogP contribution in [-0.4, -0.2) is 58.4 Å². The number of likely N-dealkylation sites (tertiary alicyclic amines) is 2. The van der Waals surface area contributed by atoms with E-state index < -0.39 is 0 Å². The fourth-order valence-electron chi connectivity index (χ4n) is 5.01. The lowest BCUT2D eigenvalue weighted by atomic mass is 9.68. The molecule has 5 heteroatoms. The third-order valence-electron chi connectivity index (χ3n) is 6.69. The molecule has 1 aromatic heterocycles. The first-order valence-electron chi connectivity index (χ1n) is 10.4. The Hall–Kier alpha value is -2.27. The molecule has 1 spiro atoms. The molecule has 0 aliphatic carbocycles. The van der Waals surface area contributed by atoms with E-state index in [0.717, 1.165) is 51.3 Å². The number of aryl methyl sites for hydroxylation is 1. The Balaban J connectivity index is 1.47. The second-order valence-corrected chi connectivity index (χ2v) is 8.45. The molecule has 4 rings (SSSR count). The van der Waals surface area contributed by atoms with Gasteiger partial charge < -0.3 is 9.80 Å². The zero-order valence-electron chi connectivity index (χ0n) is 17.0. The molecule has 1 amide bonds. The summed E-state index contributed by atoms with van der Waals surface area (Å²) in [6, 6.07) is 10.9. The maximum absolute atomic E-state index is 12.9. The van der Waals surface area contributed by atoms with Crippen LogP contribution in [-0.2, 0) is 0 Å². The lowest BCUT2D eigenvalue weighted by Gasteiger charge is -2.50. The Bertz CT molecular complexity index is 814. The van der Waals surface area contributed by atoms with Crippen molar-refractivity contribution in [1.29, 1.82) is 0 Å². The van der Waals surface area contributed by atoms with E-state index in [1.807, 2.05) is 11.8 Å². The van der Waals surface area contributed by atoms with Crippen molar-refractivity contribution in [1.82, 2.24) is 19.8 Å². The predicted molar refractivity (Wildman–Crippen MR) is 110 cm³/mol. The number of hydrogen-bond donors (Lipinski definition) is 0. The molecule has 5 nitrogen and oxygen atoms in total. The number of hydrogen-bond acceptors (Lipinski definition) is 4. The lowest BCUT2D eigenvalue weighted by Crippen LogP contribution is -2.52. The van der Waals surface area contributed by atoms with Crippen molar-refractivity contribution in [2.24, 2.45) is 5.41 Å². The molecule has 0 saturated carbocycles. The van der Waals surface area contributed by atoms with Crippen LogP contribution in [0.25, 0.3) is 0 Å². The van der Waals surface area contributed by atoms with Gasteiger partial charge in [-0.25, -0.2) is 9.97 Å². The number of piperidine rings is 2. The molecular weight excluding hydrogens is 348 g/mol. The number of likely N-dealkylation sites (N-methyl/N-ethyl adjacent to an activating group) is 1. The van der Waals surface area contributed by atoms with Crippen molar-refractivity contribution in [3.05, 3.63) is 59.7 Å². The van der Waals surface area contributed by atoms with Gasteiger partial charge >= 0.3 is 0 Å². The van der Waals surface area contributed by atoms with Crippen molar-refractivity contribution in [3.63, 3.8) is 0 Å². The quantitative estimate of drug-likeness (QED) is 0.820. The molecule has 28 heavy (non-hydrogen) atoms. The third kappa shape index (κ3) is 3.81. The minimum absolute atomic E-state index is 0.0794. The first-order valence-corrected chi connectivity index (χ1v) is 10.4. The number of amides is 1. The summed E-state index contributed by atoms with van der Waals surface area (Å²) in [4.78, 5) is 25.8. The number of carbonyl (C=O) groups excluding carboxylic acids is 1. The van der Waals surface area contributed by atoms with E-state index in [1.54, 1.807) is 6.20 Å². The smallest absolute Gasteiger partial charge is 0.257 e. The minimum Gasteiger partial charge on any atom is -0.339 e. The van der Waals surface area contributed by atoms with E-state index >= 15 is 0 Å². The molecule has 1 atom stereocenters. The van der Waals surface area contributed by atoms with Gasteiger partial charge in [0.1, 0.15) is 6.33 Å². The second-order valence-electron chi connectivity index (χ2n) is 8.45. The van der Waals surface area contributed by atoms with E-state index in [1.165, 1.54) is 18.3 Å². The molecule has 2 saturated heterocycles. The first-order chi connectivity index (χ1) is 13.6. The molecule has 2 aliphatic heterocycles. The number of carbonyl (C=O) groups is 1. The van der Waals surface area contributed by atoms with Gasteiger partial charge in [-0.05, 0) is 49.6 Å². The molecule has 148 valence electrons. The Kier molecular flexibility index (Phi) is 5.44. The summed E-state index contributed by atoms with van der Waals surface area (Å²) in [6.45, 7) is 9.18. The van der Waals surface area contributed by atoms with Crippen LogP contribution >= 0.6 is 0 Å². The van der Waals surface area contributed by atoms with Gasteiger partial charge in [0.25, 0.3) is 5.91 Å². The van der Waals surface area contributed by atoms with Crippen LogP contribution in [0.2, 0.25) is 0 Å². The molecule has 3 heterocycles. The van der Waals surface area contributed by atoms with Gasteiger partial charge in [0, 0.05) is 32.4 Å². The van der Waals surface area contributed by atoms with Crippen LogP contribution < -0.4 is 0 Å². The lowest BCUT2D eigenvalue weighted by molar-refractivity contribution is 0.0158. The zero-order chi connectivity index (χ0) is 19.6. The van der Waals surface area contributed by atoms with Gasteiger partial charge in [0.05, 0.1) is 11.3 Å². The summed E-state index contributed by atoms with van der Waals surface area (Å²) < 4.78 is 0. The minimum atomic E-state index is 0.0794. The van der Waals surface area contributed by atoms with E-state index in [9.17, 15) is 4.79 Å². The first kappa shape index (κ1) is 19.1. The normalized spacial score (nSPS) is 22.4. The van der Waals surface area contributed by atoms with Crippen LogP contribution in [0.3, 0.4) is 0 Å². The van der Waals surface area contributed by atoms with Crippen molar-refractivity contribution in [3.8, 4) is 0 Å². The molecule has 2 fully saturated rings. The number of benzene rings is 1. The molecule has 0 bridgehead atoms. The maximum atomic E-state index is 12.9. The summed E-state index contributed by atoms with van der Waals surface area (Å²) in [6.07, 6.45) is 6.53. The van der Waals surface area contributed by atoms with Crippen molar-refractivity contribution in [2.75, 3.05) is 32.7 Å². The Labute approximate surface area is 167 Å². The van der Waals surface area contributed by atoms with Gasteiger partial charge in [0.2, 0.25) is 0 Å². The van der Waals surface area contributed by atoms with E-state index in [4.69, 9.17) is 0 Å². The number of rotatable bonds is 3. The van der Waals surface area contributed by atoms with Gasteiger partial charge in [0.15, 0.2) is 0 Å². The average Bonchev–Trinajstić information content (AvgIpc) is 2.74. The SMILES string of the molecule is CCN1C[C@@H](c2ccccc2)CC2(CCN(C(=O)c3cncnc3C)CC2)C1. The van der Waals surface area contributed by atoms with Crippen LogP contribution in [0.15, 0.2) is 42.9 Å². The number of nitrogens with zero attached hydrogens (tertiary/aromatic N) is 4. The topological polar surface area (TPSA) is 49.3 Å². The molecule has 0 radical (unpaired) electrons. The Morgan fingerprint density at radius 3 is 2.64 bits per heavy atom. The highest BCUT2D eigenvalue weighted by Gasteiger charge is 2.42. The molecular formula is C23H30N4O. The number of aromatic nitrogens is 2. The second kappa shape index (κ2) is 8.00. The predicted octanol–water partition coefficient (Wildman–Crippen LogP) is 3.52. The summed E-state index contributed by atoms with van der Waals surface area (Å²) in [5.41, 5.74) is 3.17. The van der Waals surface area contributed by atoms with Crippen LogP contribution in [0.4, 0.5) is 0 Å². The molecule has 0 N–H and O–H groups in total. The Morgan fingerprint density at radius 2 is 1.96 bits per heavy atom. The zero-order valence-corrected chi connectivity index (χ0v) is 17.0. The van der Waals surface area contributed by atoms with E-state index in [2.05, 4.69) is 52.1 Å². The van der Waals surface area contributed by atoms with E-state index in [-0.39, 0.29) is 5.91 Å². The highest BCUT2D eigenvalue weighted by molar-refractivity contribution is 5.94. The summed E-state index contributed by atoms with van der Waals surface area (Å²) in [7, 11) is 0. The monoisotopic (exact) mass is 378 g/mol. The van der Waals surface area contributed by atoms with Gasteiger partial charge in [-0.1, -0.05) is 37.3 Å². The largest absolute Gasteiger partial charge is 0.339 e. The third-order valence-corrected chi connectivity index (χ3v) is 6.69. The summed E-state index contributed by atoms with van der Waals surface area (Å²) >= 11 is 0. The van der Waals surface area contributed by atoms with Crippen LogP contribution in [0, 0.1) is 12.3 Å². The van der Waals surface area contributed by atoms with Gasteiger partial charge in [-0.15, -0.1) is 0 Å². The Morgan fingerprint density at radius 1 is 1.21 bits per heavy atom. The average molecular weight is 379 g/mol. The van der Waals surface area contributed by atoms with Crippen molar-refractivity contribution in [2.45, 2.75) is 39.0 Å². The fourth-order valence-corrected chi connectivity index (χ4v) is 5.01. The molecule has 2 aromatic rings. The molecule has 2 aliphatic rings. The standard InChI is InChI=1S/C23H30N4O/c1-3-26-15-20(19-7-5-4-6-8-19)13-23(16-26)9-11-27(12-10-23)22(28)21-14-24-17-25-18(21)2/h4-8,14,17,20H,3,9-13,15-16H2,1-2H3/t20-/m0/s1. The van der Waals surface area contributed by atoms with Crippen LogP contribution in [0.5, 0.6) is 0 Å². The van der Waals surface area contributed by atoms with Gasteiger partial charge in [-0.2, -0.15) is 0 Å². The van der Waals surface area contributed by atoms with E-state index in [0.29, 0.717) is 16.9 Å². The molecule has 0 unspecified atom stereocenters. The van der Waals surface area contributed by atoms with Gasteiger partial charge in [-0.3, -0.25) is 4.79 Å². The summed E-state index contributed by atoms with van der Waals surface area (Å²) in [5, 5.41) is 0. The highest BCUT2D eigenvalue weighted by Crippen LogP contribution is 2.45. The van der Waals surface area contributed by atoms with Crippen molar-refractivity contribution < 1.29 is 4.79 Å². The highest BCUT2D eigenvalue weighted by atomic mass is 16.2. The maximum Gasteiger partial charge on any atom is 0.257 e. The fraction of sp³-hybridized carbons (Fsp3) is 0.522.